The molecule has 1 aromatic rings. The summed E-state index contributed by atoms with van der Waals surface area (Å²) in [6, 6.07) is 7.73. The average Bonchev–Trinajstić information content (AvgIpc) is 2.42. The first kappa shape index (κ1) is 16.2. The van der Waals surface area contributed by atoms with E-state index in [1.165, 1.54) is 5.56 Å². The topological polar surface area (TPSA) is 29.5 Å². The van der Waals surface area contributed by atoms with Gasteiger partial charge in [-0.25, -0.2) is 0 Å². The SMILES string of the molecule is COCCN(CC(C)C)C(=O)c1ccc(CBr)cc1. The summed E-state index contributed by atoms with van der Waals surface area (Å²) in [4.78, 5) is 14.3. The largest absolute Gasteiger partial charge is 0.383 e. The third kappa shape index (κ3) is 5.33. The molecule has 0 fully saturated rings. The Morgan fingerprint density at radius 1 is 1.32 bits per heavy atom. The van der Waals surface area contributed by atoms with Crippen molar-refractivity contribution in [2.75, 3.05) is 26.8 Å². The summed E-state index contributed by atoms with van der Waals surface area (Å²) in [5.41, 5.74) is 1.91. The van der Waals surface area contributed by atoms with Gasteiger partial charge in [-0.3, -0.25) is 4.79 Å². The molecule has 1 aromatic carbocycles. The van der Waals surface area contributed by atoms with Crippen LogP contribution in [0.25, 0.3) is 0 Å². The summed E-state index contributed by atoms with van der Waals surface area (Å²) >= 11 is 3.40. The van der Waals surface area contributed by atoms with Crippen LogP contribution in [-0.2, 0) is 10.1 Å². The molecule has 0 saturated heterocycles. The Hall–Kier alpha value is -0.870. The molecule has 19 heavy (non-hydrogen) atoms. The molecule has 0 spiro atoms. The van der Waals surface area contributed by atoms with Crippen LogP contribution in [0.3, 0.4) is 0 Å². The Kier molecular flexibility index (Phi) is 7.10. The number of alkyl halides is 1. The van der Waals surface area contributed by atoms with Gasteiger partial charge in [0.25, 0.3) is 5.91 Å². The van der Waals surface area contributed by atoms with Gasteiger partial charge in [0.1, 0.15) is 0 Å². The molecule has 0 unspecified atom stereocenters. The predicted octanol–water partition coefficient (Wildman–Crippen LogP) is 3.33. The van der Waals surface area contributed by atoms with Crippen LogP contribution in [0.15, 0.2) is 24.3 Å². The van der Waals surface area contributed by atoms with E-state index >= 15 is 0 Å². The number of benzene rings is 1. The number of amides is 1. The van der Waals surface area contributed by atoms with Gasteiger partial charge in [-0.2, -0.15) is 0 Å². The summed E-state index contributed by atoms with van der Waals surface area (Å²) in [5.74, 6) is 0.523. The van der Waals surface area contributed by atoms with E-state index in [1.807, 2.05) is 29.2 Å². The second-order valence-corrected chi connectivity index (χ2v) is 5.53. The van der Waals surface area contributed by atoms with Crippen LogP contribution >= 0.6 is 15.9 Å². The fourth-order valence-corrected chi connectivity index (χ4v) is 2.21. The first-order valence-corrected chi connectivity index (χ1v) is 7.63. The van der Waals surface area contributed by atoms with Crippen molar-refractivity contribution in [1.82, 2.24) is 4.90 Å². The van der Waals surface area contributed by atoms with E-state index in [0.717, 1.165) is 17.4 Å². The molecule has 0 aliphatic heterocycles. The summed E-state index contributed by atoms with van der Waals surface area (Å²) < 4.78 is 5.08. The maximum absolute atomic E-state index is 12.4. The minimum absolute atomic E-state index is 0.0758. The van der Waals surface area contributed by atoms with Crippen LogP contribution in [0.2, 0.25) is 0 Å². The van der Waals surface area contributed by atoms with Crippen LogP contribution in [0.5, 0.6) is 0 Å². The van der Waals surface area contributed by atoms with Gasteiger partial charge in [0, 0.05) is 31.1 Å². The van der Waals surface area contributed by atoms with Gasteiger partial charge in [-0.05, 0) is 23.6 Å². The smallest absolute Gasteiger partial charge is 0.253 e. The van der Waals surface area contributed by atoms with Crippen LogP contribution in [0.4, 0.5) is 0 Å². The minimum Gasteiger partial charge on any atom is -0.383 e. The molecule has 106 valence electrons. The molecule has 0 atom stereocenters. The summed E-state index contributed by atoms with van der Waals surface area (Å²) in [6.07, 6.45) is 0. The average molecular weight is 328 g/mol. The van der Waals surface area contributed by atoms with E-state index < -0.39 is 0 Å². The number of hydrogen-bond donors (Lipinski definition) is 0. The number of nitrogens with zero attached hydrogens (tertiary/aromatic N) is 1. The fraction of sp³-hybridized carbons (Fsp3) is 0.533. The molecule has 0 aliphatic carbocycles. The number of rotatable bonds is 7. The normalized spacial score (nSPS) is 10.8. The van der Waals surface area contributed by atoms with Crippen molar-refractivity contribution < 1.29 is 9.53 Å². The molecule has 0 aliphatic rings. The minimum atomic E-state index is 0.0758. The lowest BCUT2D eigenvalue weighted by Gasteiger charge is -2.24. The molecule has 0 N–H and O–H groups in total. The van der Waals surface area contributed by atoms with Crippen LogP contribution in [-0.4, -0.2) is 37.6 Å². The van der Waals surface area contributed by atoms with Crippen molar-refractivity contribution in [3.8, 4) is 0 Å². The zero-order valence-corrected chi connectivity index (χ0v) is 13.4. The molecule has 1 amide bonds. The van der Waals surface area contributed by atoms with Crippen LogP contribution < -0.4 is 0 Å². The Morgan fingerprint density at radius 3 is 2.42 bits per heavy atom. The number of methoxy groups -OCH3 is 1. The molecule has 0 heterocycles. The molecule has 3 nitrogen and oxygen atoms in total. The second kappa shape index (κ2) is 8.33. The fourth-order valence-electron chi connectivity index (χ4n) is 1.84. The Labute approximate surface area is 124 Å². The number of ether oxygens (including phenoxy) is 1. The predicted molar refractivity (Wildman–Crippen MR) is 81.7 cm³/mol. The first-order valence-electron chi connectivity index (χ1n) is 6.51. The maximum Gasteiger partial charge on any atom is 0.253 e. The van der Waals surface area contributed by atoms with Gasteiger partial charge in [0.15, 0.2) is 0 Å². The van der Waals surface area contributed by atoms with E-state index in [0.29, 0.717) is 19.1 Å². The van der Waals surface area contributed by atoms with Crippen molar-refractivity contribution in [1.29, 1.82) is 0 Å². The van der Waals surface area contributed by atoms with Crippen molar-refractivity contribution in [3.63, 3.8) is 0 Å². The third-order valence-corrected chi connectivity index (χ3v) is 3.44. The highest BCUT2D eigenvalue weighted by molar-refractivity contribution is 9.08. The molecule has 0 aromatic heterocycles. The van der Waals surface area contributed by atoms with Crippen molar-refractivity contribution in [2.45, 2.75) is 19.2 Å². The van der Waals surface area contributed by atoms with Gasteiger partial charge in [-0.1, -0.05) is 41.9 Å². The summed E-state index contributed by atoms with van der Waals surface area (Å²) in [6.45, 7) is 6.18. The maximum atomic E-state index is 12.4. The number of hydrogen-bond acceptors (Lipinski definition) is 2. The first-order chi connectivity index (χ1) is 9.08. The third-order valence-electron chi connectivity index (χ3n) is 2.79. The van der Waals surface area contributed by atoms with Crippen molar-refractivity contribution >= 4 is 21.8 Å². The highest BCUT2D eigenvalue weighted by Crippen LogP contribution is 2.11. The molecular weight excluding hydrogens is 306 g/mol. The zero-order valence-electron chi connectivity index (χ0n) is 11.9. The highest BCUT2D eigenvalue weighted by Gasteiger charge is 2.16. The van der Waals surface area contributed by atoms with Crippen LogP contribution in [0, 0.1) is 5.92 Å². The molecule has 0 saturated carbocycles. The Morgan fingerprint density at radius 2 is 1.95 bits per heavy atom. The summed E-state index contributed by atoms with van der Waals surface area (Å²) in [5, 5.41) is 0.806. The van der Waals surface area contributed by atoms with E-state index in [1.54, 1.807) is 7.11 Å². The molecular formula is C15H22BrNO2. The Bertz CT molecular complexity index is 390. The van der Waals surface area contributed by atoms with E-state index in [9.17, 15) is 4.79 Å². The highest BCUT2D eigenvalue weighted by atomic mass is 79.9. The standard InChI is InChI=1S/C15H22BrNO2/c1-12(2)11-17(8-9-19-3)15(18)14-6-4-13(10-16)5-7-14/h4-7,12H,8-11H2,1-3H3. The van der Waals surface area contributed by atoms with E-state index in [-0.39, 0.29) is 5.91 Å². The van der Waals surface area contributed by atoms with Gasteiger partial charge in [0.05, 0.1) is 6.61 Å². The number of carbonyl (C=O) groups is 1. The lowest BCUT2D eigenvalue weighted by atomic mass is 10.1. The van der Waals surface area contributed by atoms with Gasteiger partial charge >= 0.3 is 0 Å². The Balaban J connectivity index is 2.78. The zero-order chi connectivity index (χ0) is 14.3. The van der Waals surface area contributed by atoms with Crippen molar-refractivity contribution in [2.24, 2.45) is 5.92 Å². The number of halogens is 1. The monoisotopic (exact) mass is 327 g/mol. The van der Waals surface area contributed by atoms with E-state index in [2.05, 4.69) is 29.8 Å². The molecule has 0 radical (unpaired) electrons. The van der Waals surface area contributed by atoms with E-state index in [4.69, 9.17) is 4.74 Å². The summed E-state index contributed by atoms with van der Waals surface area (Å²) in [7, 11) is 1.66. The molecule has 4 heteroatoms. The lowest BCUT2D eigenvalue weighted by Crippen LogP contribution is -2.36. The lowest BCUT2D eigenvalue weighted by molar-refractivity contribution is 0.0672. The van der Waals surface area contributed by atoms with Crippen LogP contribution in [0.1, 0.15) is 29.8 Å². The van der Waals surface area contributed by atoms with Gasteiger partial charge in [-0.15, -0.1) is 0 Å². The van der Waals surface area contributed by atoms with Gasteiger partial charge < -0.3 is 9.64 Å². The number of carbonyl (C=O) groups excluding carboxylic acids is 1. The molecule has 1 rings (SSSR count). The van der Waals surface area contributed by atoms with Gasteiger partial charge in [0.2, 0.25) is 0 Å². The quantitative estimate of drug-likeness (QED) is 0.719. The van der Waals surface area contributed by atoms with Crippen molar-refractivity contribution in [3.05, 3.63) is 35.4 Å². The second-order valence-electron chi connectivity index (χ2n) is 4.97. The molecule has 0 bridgehead atoms.